The summed E-state index contributed by atoms with van der Waals surface area (Å²) in [5.41, 5.74) is 1.56. The van der Waals surface area contributed by atoms with E-state index in [1.54, 1.807) is 0 Å². The first kappa shape index (κ1) is 19.8. The molecule has 28 heavy (non-hydrogen) atoms. The van der Waals surface area contributed by atoms with Crippen molar-refractivity contribution in [2.75, 3.05) is 26.7 Å². The van der Waals surface area contributed by atoms with Crippen LogP contribution in [0.25, 0.3) is 0 Å². The monoisotopic (exact) mass is 389 g/mol. The summed E-state index contributed by atoms with van der Waals surface area (Å²) in [4.78, 5) is 15.3. The SMILES string of the molecule is CCOC1CC(N(C)C(=O)c2nnn(C3CCNCC3)c2C)C12CCCCC2. The maximum absolute atomic E-state index is 13.3. The lowest BCUT2D eigenvalue weighted by Gasteiger charge is -2.60. The van der Waals surface area contributed by atoms with Gasteiger partial charge in [0.1, 0.15) is 0 Å². The van der Waals surface area contributed by atoms with Gasteiger partial charge in [0.05, 0.1) is 17.8 Å². The third-order valence-corrected chi connectivity index (χ3v) is 7.47. The number of hydrogen-bond acceptors (Lipinski definition) is 5. The van der Waals surface area contributed by atoms with Crippen molar-refractivity contribution < 1.29 is 9.53 Å². The molecule has 4 rings (SSSR count). The number of hydrogen-bond donors (Lipinski definition) is 1. The van der Waals surface area contributed by atoms with Gasteiger partial charge in [0.15, 0.2) is 5.69 Å². The maximum atomic E-state index is 13.3. The average molecular weight is 390 g/mol. The Morgan fingerprint density at radius 1 is 1.29 bits per heavy atom. The molecule has 2 heterocycles. The van der Waals surface area contributed by atoms with Gasteiger partial charge in [-0.3, -0.25) is 4.79 Å². The van der Waals surface area contributed by atoms with Crippen LogP contribution in [0, 0.1) is 12.3 Å². The highest BCUT2D eigenvalue weighted by Gasteiger charge is 2.58. The Morgan fingerprint density at radius 3 is 2.68 bits per heavy atom. The highest BCUT2D eigenvalue weighted by molar-refractivity contribution is 5.93. The summed E-state index contributed by atoms with van der Waals surface area (Å²) < 4.78 is 8.04. The van der Waals surface area contributed by atoms with Gasteiger partial charge in [0, 0.05) is 25.1 Å². The Morgan fingerprint density at radius 2 is 2.00 bits per heavy atom. The molecular weight excluding hydrogens is 354 g/mol. The van der Waals surface area contributed by atoms with Crippen LogP contribution < -0.4 is 5.32 Å². The maximum Gasteiger partial charge on any atom is 0.276 e. The van der Waals surface area contributed by atoms with Gasteiger partial charge in [-0.1, -0.05) is 24.5 Å². The van der Waals surface area contributed by atoms with Crippen molar-refractivity contribution >= 4 is 5.91 Å². The zero-order chi connectivity index (χ0) is 19.7. The zero-order valence-corrected chi connectivity index (χ0v) is 17.6. The fraction of sp³-hybridized carbons (Fsp3) is 0.857. The highest BCUT2D eigenvalue weighted by atomic mass is 16.5. The molecule has 2 saturated carbocycles. The molecule has 7 nitrogen and oxygen atoms in total. The van der Waals surface area contributed by atoms with E-state index in [1.165, 1.54) is 32.1 Å². The average Bonchev–Trinajstić information content (AvgIpc) is 3.12. The summed E-state index contributed by atoms with van der Waals surface area (Å²) in [5.74, 6) is 0.0163. The van der Waals surface area contributed by atoms with Crippen LogP contribution in [0.1, 0.15) is 80.5 Å². The number of carbonyl (C=O) groups is 1. The molecule has 0 radical (unpaired) electrons. The molecule has 1 amide bonds. The number of nitrogens with zero attached hydrogens (tertiary/aromatic N) is 4. The van der Waals surface area contributed by atoms with Crippen molar-refractivity contribution in [3.63, 3.8) is 0 Å². The molecule has 2 aliphatic carbocycles. The number of aromatic nitrogens is 3. The van der Waals surface area contributed by atoms with E-state index < -0.39 is 0 Å². The summed E-state index contributed by atoms with van der Waals surface area (Å²) in [6.45, 7) is 6.80. The second kappa shape index (κ2) is 8.11. The van der Waals surface area contributed by atoms with E-state index in [1.807, 2.05) is 23.6 Å². The smallest absolute Gasteiger partial charge is 0.276 e. The lowest BCUT2D eigenvalue weighted by atomic mass is 9.54. The molecule has 2 unspecified atom stereocenters. The predicted octanol–water partition coefficient (Wildman–Crippen LogP) is 2.71. The van der Waals surface area contributed by atoms with Crippen molar-refractivity contribution in [3.05, 3.63) is 11.4 Å². The van der Waals surface area contributed by atoms with Crippen molar-refractivity contribution in [2.24, 2.45) is 5.41 Å². The van der Waals surface area contributed by atoms with Crippen molar-refractivity contribution in [3.8, 4) is 0 Å². The number of piperidine rings is 1. The molecule has 3 aliphatic rings. The van der Waals surface area contributed by atoms with Gasteiger partial charge >= 0.3 is 0 Å². The summed E-state index contributed by atoms with van der Waals surface area (Å²) >= 11 is 0. The molecule has 1 aliphatic heterocycles. The second-order valence-corrected chi connectivity index (χ2v) is 8.85. The molecule has 1 saturated heterocycles. The minimum Gasteiger partial charge on any atom is -0.378 e. The van der Waals surface area contributed by atoms with Crippen molar-refractivity contribution in [1.29, 1.82) is 0 Å². The third kappa shape index (κ3) is 3.26. The van der Waals surface area contributed by atoms with E-state index >= 15 is 0 Å². The first-order valence-corrected chi connectivity index (χ1v) is 11.1. The lowest BCUT2D eigenvalue weighted by molar-refractivity contribution is -0.170. The quantitative estimate of drug-likeness (QED) is 0.838. The van der Waals surface area contributed by atoms with Gasteiger partial charge in [-0.05, 0) is 59.0 Å². The zero-order valence-electron chi connectivity index (χ0n) is 17.6. The molecule has 156 valence electrons. The van der Waals surface area contributed by atoms with Gasteiger partial charge in [-0.15, -0.1) is 5.10 Å². The molecule has 7 heteroatoms. The molecule has 0 aromatic carbocycles. The minimum absolute atomic E-state index is 0.0163. The fourth-order valence-corrected chi connectivity index (χ4v) is 5.82. The number of ether oxygens (including phenoxy) is 1. The second-order valence-electron chi connectivity index (χ2n) is 8.85. The van der Waals surface area contributed by atoms with E-state index in [-0.39, 0.29) is 17.4 Å². The van der Waals surface area contributed by atoms with Crippen LogP contribution >= 0.6 is 0 Å². The lowest BCUT2D eigenvalue weighted by Crippen LogP contribution is -2.65. The van der Waals surface area contributed by atoms with E-state index in [0.29, 0.717) is 17.8 Å². The molecular formula is C21H35N5O2. The predicted molar refractivity (Wildman–Crippen MR) is 107 cm³/mol. The normalized spacial score (nSPS) is 27.5. The molecule has 1 spiro atoms. The van der Waals surface area contributed by atoms with Crippen LogP contribution in [-0.4, -0.2) is 64.7 Å². The summed E-state index contributed by atoms with van der Waals surface area (Å²) in [7, 11) is 1.95. The van der Waals surface area contributed by atoms with Crippen molar-refractivity contribution in [1.82, 2.24) is 25.2 Å². The third-order valence-electron chi connectivity index (χ3n) is 7.47. The van der Waals surface area contributed by atoms with E-state index in [4.69, 9.17) is 4.74 Å². The van der Waals surface area contributed by atoms with E-state index in [9.17, 15) is 4.79 Å². The topological polar surface area (TPSA) is 72.3 Å². The van der Waals surface area contributed by atoms with Gasteiger partial charge in [0.25, 0.3) is 5.91 Å². The fourth-order valence-electron chi connectivity index (χ4n) is 5.82. The minimum atomic E-state index is 0.0163. The largest absolute Gasteiger partial charge is 0.378 e. The van der Waals surface area contributed by atoms with Gasteiger partial charge < -0.3 is 15.0 Å². The van der Waals surface area contributed by atoms with E-state index in [2.05, 4.69) is 22.6 Å². The summed E-state index contributed by atoms with van der Waals surface area (Å²) in [6, 6.07) is 0.594. The molecule has 1 N–H and O–H groups in total. The highest BCUT2D eigenvalue weighted by Crippen LogP contribution is 2.55. The number of carbonyl (C=O) groups excluding carboxylic acids is 1. The molecule has 3 fully saturated rings. The van der Waals surface area contributed by atoms with Crippen molar-refractivity contribution in [2.45, 2.75) is 83.4 Å². The first-order valence-electron chi connectivity index (χ1n) is 11.1. The van der Waals surface area contributed by atoms with Crippen LogP contribution in [0.5, 0.6) is 0 Å². The van der Waals surface area contributed by atoms with Gasteiger partial charge in [-0.25, -0.2) is 4.68 Å². The van der Waals surface area contributed by atoms with Crippen LogP contribution in [0.2, 0.25) is 0 Å². The molecule has 1 aromatic heterocycles. The summed E-state index contributed by atoms with van der Waals surface area (Å²) in [6.07, 6.45) is 9.43. The van der Waals surface area contributed by atoms with Gasteiger partial charge in [0.2, 0.25) is 0 Å². The Kier molecular flexibility index (Phi) is 5.74. The Labute approximate surface area is 168 Å². The number of rotatable bonds is 5. The standard InChI is InChI=1S/C21H35N5O2/c1-4-28-18-14-17(21(18)10-6-5-7-11-21)25(3)20(27)19-15(2)26(24-23-19)16-8-12-22-13-9-16/h16-18,22H,4-14H2,1-3H3. The van der Waals surface area contributed by atoms with Crippen LogP contribution in [0.4, 0.5) is 0 Å². The van der Waals surface area contributed by atoms with Crippen LogP contribution in [0.3, 0.4) is 0 Å². The van der Waals surface area contributed by atoms with Crippen LogP contribution in [-0.2, 0) is 4.74 Å². The molecule has 1 aromatic rings. The number of nitrogens with one attached hydrogen (secondary N) is 1. The first-order chi connectivity index (χ1) is 13.6. The molecule has 2 atom stereocenters. The Balaban J connectivity index is 1.51. The number of amides is 1. The molecule has 0 bridgehead atoms. The Bertz CT molecular complexity index is 691. The van der Waals surface area contributed by atoms with Gasteiger partial charge in [-0.2, -0.15) is 0 Å². The summed E-state index contributed by atoms with van der Waals surface area (Å²) in [5, 5.41) is 12.1. The van der Waals surface area contributed by atoms with Crippen LogP contribution in [0.15, 0.2) is 0 Å². The Hall–Kier alpha value is -1.47. The van der Waals surface area contributed by atoms with E-state index in [0.717, 1.165) is 44.7 Å².